The van der Waals surface area contributed by atoms with Crippen LogP contribution in [-0.4, -0.2) is 48.0 Å². The van der Waals surface area contributed by atoms with E-state index in [1.54, 1.807) is 16.2 Å². The van der Waals surface area contributed by atoms with Gasteiger partial charge in [0.1, 0.15) is 18.9 Å². The Bertz CT molecular complexity index is 1200. The number of rotatable bonds is 9. The number of amides is 3. The van der Waals surface area contributed by atoms with Crippen LogP contribution >= 0.6 is 11.3 Å². The molecule has 1 N–H and O–H groups in total. The Morgan fingerprint density at radius 2 is 1.86 bits per heavy atom. The van der Waals surface area contributed by atoms with E-state index in [0.717, 1.165) is 41.0 Å². The van der Waals surface area contributed by atoms with E-state index >= 15 is 0 Å². The standard InChI is InChI=1S/C30H37N3O3S/c1-21(2)13-16-32(30(35)31-24-11-9-22(3)10-12-24)19-29(34)33-17-14-28-25(15-18-37-28)26(33)20-36-27-8-6-5-7-23(27)4/h5-12,15,18,21,26H,13-14,16-17,19-20H2,1-4H3,(H,31,35). The number of thiophene rings is 1. The van der Waals surface area contributed by atoms with Crippen LogP contribution in [0.25, 0.3) is 0 Å². The first kappa shape index (κ1) is 26.7. The van der Waals surface area contributed by atoms with E-state index in [9.17, 15) is 9.59 Å². The summed E-state index contributed by atoms with van der Waals surface area (Å²) >= 11 is 1.73. The van der Waals surface area contributed by atoms with Crippen molar-refractivity contribution in [3.8, 4) is 5.75 Å². The lowest BCUT2D eigenvalue weighted by Crippen LogP contribution is -2.49. The zero-order valence-corrected chi connectivity index (χ0v) is 23.0. The average Bonchev–Trinajstić information content (AvgIpc) is 3.36. The molecule has 37 heavy (non-hydrogen) atoms. The molecule has 0 bridgehead atoms. The number of benzene rings is 2. The van der Waals surface area contributed by atoms with E-state index in [-0.39, 0.29) is 24.5 Å². The molecule has 196 valence electrons. The van der Waals surface area contributed by atoms with Crippen molar-refractivity contribution in [3.63, 3.8) is 0 Å². The van der Waals surface area contributed by atoms with Crippen LogP contribution in [0.1, 0.15) is 47.9 Å². The van der Waals surface area contributed by atoms with Gasteiger partial charge in [0.25, 0.3) is 0 Å². The molecule has 0 spiro atoms. The first-order valence-corrected chi connectivity index (χ1v) is 13.9. The molecule has 0 saturated heterocycles. The summed E-state index contributed by atoms with van der Waals surface area (Å²) in [7, 11) is 0. The Kier molecular flexibility index (Phi) is 8.87. The van der Waals surface area contributed by atoms with E-state index in [4.69, 9.17) is 4.74 Å². The summed E-state index contributed by atoms with van der Waals surface area (Å²) in [6, 6.07) is 17.3. The highest BCUT2D eigenvalue weighted by atomic mass is 32.1. The number of hydrogen-bond donors (Lipinski definition) is 1. The maximum atomic E-state index is 13.7. The SMILES string of the molecule is Cc1ccc(NC(=O)N(CCC(C)C)CC(=O)N2CCc3sccc3C2COc2ccccc2C)cc1. The normalized spacial score (nSPS) is 14.8. The van der Waals surface area contributed by atoms with Crippen molar-refractivity contribution in [1.82, 2.24) is 9.80 Å². The topological polar surface area (TPSA) is 61.9 Å². The van der Waals surface area contributed by atoms with Crippen LogP contribution in [-0.2, 0) is 11.2 Å². The first-order chi connectivity index (χ1) is 17.8. The maximum Gasteiger partial charge on any atom is 0.322 e. The maximum absolute atomic E-state index is 13.7. The van der Waals surface area contributed by atoms with Crippen molar-refractivity contribution in [2.45, 2.75) is 46.6 Å². The molecular formula is C30H37N3O3S. The zero-order chi connectivity index (χ0) is 26.4. The summed E-state index contributed by atoms with van der Waals surface area (Å²) in [5.74, 6) is 1.19. The van der Waals surface area contributed by atoms with Gasteiger partial charge in [0.05, 0.1) is 6.04 Å². The number of para-hydroxylation sites is 1. The van der Waals surface area contributed by atoms with E-state index in [2.05, 4.69) is 30.6 Å². The van der Waals surface area contributed by atoms with Gasteiger partial charge in [-0.25, -0.2) is 4.79 Å². The lowest BCUT2D eigenvalue weighted by atomic mass is 10.00. The Morgan fingerprint density at radius 1 is 1.11 bits per heavy atom. The first-order valence-electron chi connectivity index (χ1n) is 13.0. The second-order valence-electron chi connectivity index (χ2n) is 10.1. The lowest BCUT2D eigenvalue weighted by Gasteiger charge is -2.37. The van der Waals surface area contributed by atoms with Crippen LogP contribution in [0.3, 0.4) is 0 Å². The number of anilines is 1. The number of nitrogens with one attached hydrogen (secondary N) is 1. The molecule has 2 heterocycles. The number of nitrogens with zero attached hydrogens (tertiary/aromatic N) is 2. The second kappa shape index (κ2) is 12.3. The number of carbonyl (C=O) groups excluding carboxylic acids is 2. The van der Waals surface area contributed by atoms with Crippen LogP contribution < -0.4 is 10.1 Å². The minimum absolute atomic E-state index is 0.0325. The van der Waals surface area contributed by atoms with Gasteiger partial charge in [-0.1, -0.05) is 49.7 Å². The average molecular weight is 520 g/mol. The fraction of sp³-hybridized carbons (Fsp3) is 0.400. The Labute approximate surface area is 224 Å². The molecule has 1 aliphatic heterocycles. The molecular weight excluding hydrogens is 482 g/mol. The Morgan fingerprint density at radius 3 is 2.59 bits per heavy atom. The van der Waals surface area contributed by atoms with Crippen molar-refractivity contribution in [3.05, 3.63) is 81.5 Å². The molecule has 7 heteroatoms. The summed E-state index contributed by atoms with van der Waals surface area (Å²) in [5.41, 5.74) is 4.06. The molecule has 2 aromatic carbocycles. The molecule has 4 rings (SSSR count). The molecule has 3 aromatic rings. The number of hydrogen-bond acceptors (Lipinski definition) is 4. The predicted octanol–water partition coefficient (Wildman–Crippen LogP) is 6.45. The van der Waals surface area contributed by atoms with Crippen molar-refractivity contribution in [2.75, 3.05) is 31.6 Å². The molecule has 1 unspecified atom stereocenters. The minimum Gasteiger partial charge on any atom is -0.491 e. The van der Waals surface area contributed by atoms with Gasteiger partial charge in [0, 0.05) is 23.7 Å². The molecule has 3 amide bonds. The van der Waals surface area contributed by atoms with Gasteiger partial charge in [-0.2, -0.15) is 0 Å². The highest BCUT2D eigenvalue weighted by Crippen LogP contribution is 2.34. The summed E-state index contributed by atoms with van der Waals surface area (Å²) < 4.78 is 6.22. The molecule has 1 aliphatic rings. The summed E-state index contributed by atoms with van der Waals surface area (Å²) in [6.45, 7) is 9.82. The summed E-state index contributed by atoms with van der Waals surface area (Å²) in [5, 5.41) is 5.06. The van der Waals surface area contributed by atoms with Crippen molar-refractivity contribution in [1.29, 1.82) is 0 Å². The van der Waals surface area contributed by atoms with Crippen molar-refractivity contribution >= 4 is 29.0 Å². The second-order valence-corrected chi connectivity index (χ2v) is 11.1. The number of ether oxygens (including phenoxy) is 1. The van der Waals surface area contributed by atoms with E-state index in [0.29, 0.717) is 25.6 Å². The highest BCUT2D eigenvalue weighted by Gasteiger charge is 2.33. The van der Waals surface area contributed by atoms with E-state index in [1.807, 2.05) is 67.3 Å². The Hall–Kier alpha value is -3.32. The lowest BCUT2D eigenvalue weighted by molar-refractivity contribution is -0.135. The van der Waals surface area contributed by atoms with Gasteiger partial charge >= 0.3 is 6.03 Å². The molecule has 0 aliphatic carbocycles. The van der Waals surface area contributed by atoms with Gasteiger partial charge in [0.15, 0.2) is 0 Å². The van der Waals surface area contributed by atoms with Crippen LogP contribution in [0.5, 0.6) is 5.75 Å². The number of urea groups is 1. The Balaban J connectivity index is 1.50. The third-order valence-electron chi connectivity index (χ3n) is 6.80. The fourth-order valence-corrected chi connectivity index (χ4v) is 5.45. The number of carbonyl (C=O) groups is 2. The van der Waals surface area contributed by atoms with Crippen LogP contribution in [0, 0.1) is 19.8 Å². The van der Waals surface area contributed by atoms with Gasteiger partial charge in [0.2, 0.25) is 5.91 Å². The van der Waals surface area contributed by atoms with Crippen LogP contribution in [0.15, 0.2) is 60.0 Å². The third kappa shape index (κ3) is 6.92. The zero-order valence-electron chi connectivity index (χ0n) is 22.2. The number of aryl methyl sites for hydroxylation is 2. The molecule has 6 nitrogen and oxygen atoms in total. The van der Waals surface area contributed by atoms with Gasteiger partial charge in [-0.15, -0.1) is 11.3 Å². The quantitative estimate of drug-likeness (QED) is 0.353. The molecule has 1 atom stereocenters. The predicted molar refractivity (Wildman–Crippen MR) is 150 cm³/mol. The largest absolute Gasteiger partial charge is 0.491 e. The fourth-order valence-electron chi connectivity index (χ4n) is 4.52. The molecule has 0 saturated carbocycles. The summed E-state index contributed by atoms with van der Waals surface area (Å²) in [4.78, 5) is 31.8. The minimum atomic E-state index is -0.251. The van der Waals surface area contributed by atoms with Gasteiger partial charge < -0.3 is 19.9 Å². The van der Waals surface area contributed by atoms with Gasteiger partial charge in [-0.05, 0) is 73.4 Å². The van der Waals surface area contributed by atoms with Crippen molar-refractivity contribution in [2.24, 2.45) is 5.92 Å². The van der Waals surface area contributed by atoms with Crippen molar-refractivity contribution < 1.29 is 14.3 Å². The monoisotopic (exact) mass is 519 g/mol. The van der Waals surface area contributed by atoms with E-state index in [1.165, 1.54) is 4.88 Å². The third-order valence-corrected chi connectivity index (χ3v) is 7.79. The highest BCUT2D eigenvalue weighted by molar-refractivity contribution is 7.10. The van der Waals surface area contributed by atoms with Gasteiger partial charge in [-0.3, -0.25) is 4.79 Å². The smallest absolute Gasteiger partial charge is 0.322 e. The molecule has 1 aromatic heterocycles. The van der Waals surface area contributed by atoms with E-state index < -0.39 is 0 Å². The summed E-state index contributed by atoms with van der Waals surface area (Å²) in [6.07, 6.45) is 1.64. The van der Waals surface area contributed by atoms with Crippen LogP contribution in [0.2, 0.25) is 0 Å². The molecule has 0 radical (unpaired) electrons. The number of fused-ring (bicyclic) bond motifs is 1. The molecule has 0 fully saturated rings. The van der Waals surface area contributed by atoms with Crippen LogP contribution in [0.4, 0.5) is 10.5 Å².